The van der Waals surface area contributed by atoms with Crippen LogP contribution in [0.3, 0.4) is 0 Å². The summed E-state index contributed by atoms with van der Waals surface area (Å²) in [4.78, 5) is 22.8. The molecule has 0 aliphatic rings. The van der Waals surface area contributed by atoms with E-state index in [1.807, 2.05) is 13.8 Å². The Kier molecular flexibility index (Phi) is 10.4. The minimum atomic E-state index is -2.91. The Morgan fingerprint density at radius 3 is 2.24 bits per heavy atom. The number of amides is 1. The Hall–Kier alpha value is -0.803. The van der Waals surface area contributed by atoms with Crippen LogP contribution in [0, 0.1) is 0 Å². The Bertz CT molecular complexity index is 322. The summed E-state index contributed by atoms with van der Waals surface area (Å²) in [6.45, 7) is 8.06. The van der Waals surface area contributed by atoms with Crippen molar-refractivity contribution in [3.8, 4) is 0 Å². The number of Topliss-reactive ketones (excluding diaryl/α,β-unsaturated/α-hetero) is 1. The first-order valence-corrected chi connectivity index (χ1v) is 9.26. The Morgan fingerprint density at radius 2 is 1.81 bits per heavy atom. The standard InChI is InChI=1S/C13H28N2O5Si/c1-5-18-21(19-6-2,9-7-8-14)20-11(3)13(17)10-15-12(4)16/h11H,5-10,14H2,1-4H3,(H,15,16). The minimum Gasteiger partial charge on any atom is -0.374 e. The first-order chi connectivity index (χ1) is 9.90. The molecule has 0 aromatic carbocycles. The quantitative estimate of drug-likeness (QED) is 0.507. The molecule has 0 saturated heterocycles. The normalized spacial score (nSPS) is 13.0. The van der Waals surface area contributed by atoms with E-state index in [-0.39, 0.29) is 18.2 Å². The lowest BCUT2D eigenvalue weighted by Gasteiger charge is -2.31. The fourth-order valence-corrected chi connectivity index (χ4v) is 4.57. The molecule has 0 aliphatic carbocycles. The van der Waals surface area contributed by atoms with Gasteiger partial charge in [0.25, 0.3) is 0 Å². The first-order valence-electron chi connectivity index (χ1n) is 7.33. The molecule has 124 valence electrons. The maximum Gasteiger partial charge on any atom is 0.501 e. The van der Waals surface area contributed by atoms with E-state index < -0.39 is 14.9 Å². The van der Waals surface area contributed by atoms with Gasteiger partial charge in [0.05, 0.1) is 6.54 Å². The fourth-order valence-electron chi connectivity index (χ4n) is 1.76. The summed E-state index contributed by atoms with van der Waals surface area (Å²) in [7, 11) is -2.91. The minimum absolute atomic E-state index is 0.0594. The Labute approximate surface area is 127 Å². The maximum absolute atomic E-state index is 12.0. The Balaban J connectivity index is 4.74. The highest BCUT2D eigenvalue weighted by molar-refractivity contribution is 6.61. The Morgan fingerprint density at radius 1 is 1.24 bits per heavy atom. The molecular formula is C13H28N2O5Si. The van der Waals surface area contributed by atoms with Gasteiger partial charge in [0, 0.05) is 26.2 Å². The highest BCUT2D eigenvalue weighted by Gasteiger charge is 2.42. The average molecular weight is 320 g/mol. The molecule has 0 aromatic rings. The van der Waals surface area contributed by atoms with Crippen molar-refractivity contribution in [2.45, 2.75) is 46.3 Å². The zero-order valence-electron chi connectivity index (χ0n) is 13.4. The van der Waals surface area contributed by atoms with E-state index in [9.17, 15) is 9.59 Å². The van der Waals surface area contributed by atoms with Crippen molar-refractivity contribution in [3.63, 3.8) is 0 Å². The summed E-state index contributed by atoms with van der Waals surface area (Å²) in [5, 5.41) is 2.46. The van der Waals surface area contributed by atoms with Gasteiger partial charge in [-0.3, -0.25) is 9.59 Å². The van der Waals surface area contributed by atoms with E-state index in [2.05, 4.69) is 5.32 Å². The van der Waals surface area contributed by atoms with Gasteiger partial charge in [0.1, 0.15) is 6.10 Å². The summed E-state index contributed by atoms with van der Waals surface area (Å²) in [5.74, 6) is -0.467. The molecular weight excluding hydrogens is 292 g/mol. The van der Waals surface area contributed by atoms with Crippen molar-refractivity contribution in [2.24, 2.45) is 5.73 Å². The SMILES string of the molecule is CCO[Si](CCCN)(OCC)OC(C)C(=O)CNC(C)=O. The number of rotatable bonds is 12. The van der Waals surface area contributed by atoms with Crippen LogP contribution in [-0.2, 0) is 22.9 Å². The van der Waals surface area contributed by atoms with Crippen LogP contribution in [0.2, 0.25) is 6.04 Å². The molecule has 0 aromatic heterocycles. The number of hydrogen-bond donors (Lipinski definition) is 2. The lowest BCUT2D eigenvalue weighted by Crippen LogP contribution is -2.50. The monoisotopic (exact) mass is 320 g/mol. The van der Waals surface area contributed by atoms with Crippen molar-refractivity contribution in [1.82, 2.24) is 5.32 Å². The molecule has 0 fully saturated rings. The first kappa shape index (κ1) is 20.2. The molecule has 1 amide bonds. The summed E-state index contributed by atoms with van der Waals surface area (Å²) < 4.78 is 17.3. The van der Waals surface area contributed by atoms with Gasteiger partial charge in [-0.2, -0.15) is 0 Å². The molecule has 0 spiro atoms. The molecule has 3 N–H and O–H groups in total. The topological polar surface area (TPSA) is 99.9 Å². The molecule has 1 unspecified atom stereocenters. The van der Waals surface area contributed by atoms with Gasteiger partial charge >= 0.3 is 8.80 Å². The van der Waals surface area contributed by atoms with E-state index >= 15 is 0 Å². The summed E-state index contributed by atoms with van der Waals surface area (Å²) in [6, 6.07) is 0.572. The van der Waals surface area contributed by atoms with Crippen LogP contribution >= 0.6 is 0 Å². The summed E-state index contributed by atoms with van der Waals surface area (Å²) in [5.41, 5.74) is 5.54. The molecule has 7 nitrogen and oxygen atoms in total. The molecule has 0 radical (unpaired) electrons. The highest BCUT2D eigenvalue weighted by Crippen LogP contribution is 2.20. The number of carbonyl (C=O) groups is 2. The second-order valence-electron chi connectivity index (χ2n) is 4.58. The summed E-state index contributed by atoms with van der Waals surface area (Å²) >= 11 is 0. The number of carbonyl (C=O) groups excluding carboxylic acids is 2. The van der Waals surface area contributed by atoms with Crippen LogP contribution in [0.4, 0.5) is 0 Å². The number of nitrogens with two attached hydrogens (primary N) is 1. The van der Waals surface area contributed by atoms with Crippen molar-refractivity contribution in [2.75, 3.05) is 26.3 Å². The average Bonchev–Trinajstić information content (AvgIpc) is 2.43. The third-order valence-electron chi connectivity index (χ3n) is 2.74. The van der Waals surface area contributed by atoms with Gasteiger partial charge in [-0.05, 0) is 33.7 Å². The van der Waals surface area contributed by atoms with Crippen LogP contribution in [0.25, 0.3) is 0 Å². The van der Waals surface area contributed by atoms with E-state index in [1.54, 1.807) is 6.92 Å². The van der Waals surface area contributed by atoms with Crippen LogP contribution in [-0.4, -0.2) is 52.9 Å². The van der Waals surface area contributed by atoms with Crippen LogP contribution in [0.15, 0.2) is 0 Å². The molecule has 0 rings (SSSR count). The lowest BCUT2D eigenvalue weighted by molar-refractivity contribution is -0.129. The van der Waals surface area contributed by atoms with Crippen LogP contribution in [0.5, 0.6) is 0 Å². The maximum atomic E-state index is 12.0. The van der Waals surface area contributed by atoms with Gasteiger partial charge in [-0.15, -0.1) is 0 Å². The zero-order chi connectivity index (χ0) is 16.3. The third kappa shape index (κ3) is 8.27. The predicted molar refractivity (Wildman–Crippen MR) is 81.7 cm³/mol. The molecule has 1 atom stereocenters. The van der Waals surface area contributed by atoms with Gasteiger partial charge in [0.15, 0.2) is 5.78 Å². The van der Waals surface area contributed by atoms with Crippen LogP contribution < -0.4 is 11.1 Å². The second-order valence-corrected chi connectivity index (χ2v) is 7.26. The molecule has 0 saturated carbocycles. The zero-order valence-corrected chi connectivity index (χ0v) is 14.4. The van der Waals surface area contributed by atoms with Crippen molar-refractivity contribution < 1.29 is 22.9 Å². The van der Waals surface area contributed by atoms with Crippen LogP contribution in [0.1, 0.15) is 34.1 Å². The number of hydrogen-bond acceptors (Lipinski definition) is 6. The molecule has 0 heterocycles. The van der Waals surface area contributed by atoms with E-state index in [0.717, 1.165) is 0 Å². The lowest BCUT2D eigenvalue weighted by atomic mass is 10.2. The fraction of sp³-hybridized carbons (Fsp3) is 0.846. The number of ketones is 1. The van der Waals surface area contributed by atoms with Crippen molar-refractivity contribution in [3.05, 3.63) is 0 Å². The molecule has 0 bridgehead atoms. The van der Waals surface area contributed by atoms with Gasteiger partial charge in [-0.1, -0.05) is 0 Å². The van der Waals surface area contributed by atoms with E-state index in [1.165, 1.54) is 6.92 Å². The van der Waals surface area contributed by atoms with Gasteiger partial charge < -0.3 is 24.3 Å². The highest BCUT2D eigenvalue weighted by atomic mass is 28.4. The molecule has 8 heteroatoms. The second kappa shape index (κ2) is 10.9. The van der Waals surface area contributed by atoms with E-state index in [4.69, 9.17) is 19.0 Å². The molecule has 0 aliphatic heterocycles. The van der Waals surface area contributed by atoms with Gasteiger partial charge in [-0.25, -0.2) is 0 Å². The number of nitrogens with one attached hydrogen (secondary N) is 1. The largest absolute Gasteiger partial charge is 0.501 e. The van der Waals surface area contributed by atoms with Crippen molar-refractivity contribution >= 4 is 20.5 Å². The van der Waals surface area contributed by atoms with Crippen molar-refractivity contribution in [1.29, 1.82) is 0 Å². The van der Waals surface area contributed by atoms with Gasteiger partial charge in [0.2, 0.25) is 5.91 Å². The predicted octanol–water partition coefficient (Wildman–Crippen LogP) is 0.457. The van der Waals surface area contributed by atoms with E-state index in [0.29, 0.717) is 32.2 Å². The smallest absolute Gasteiger partial charge is 0.374 e. The summed E-state index contributed by atoms with van der Waals surface area (Å²) in [6.07, 6.45) is 0.0122. The third-order valence-corrected chi connectivity index (χ3v) is 5.87. The molecule has 21 heavy (non-hydrogen) atoms.